The number of aryl methyl sites for hydroxylation is 4. The largest absolute Gasteiger partial charge is 0.374 e. The van der Waals surface area contributed by atoms with Crippen molar-refractivity contribution in [2.24, 2.45) is 0 Å². The third-order valence-corrected chi connectivity index (χ3v) is 6.28. The van der Waals surface area contributed by atoms with E-state index in [9.17, 15) is 14.0 Å². The summed E-state index contributed by atoms with van der Waals surface area (Å²) in [5.74, 6) is -0.898. The average molecular weight is 495 g/mol. The van der Waals surface area contributed by atoms with Gasteiger partial charge in [-0.2, -0.15) is 0 Å². The van der Waals surface area contributed by atoms with Crippen molar-refractivity contribution in [1.29, 1.82) is 0 Å². The van der Waals surface area contributed by atoms with Gasteiger partial charge in [0.2, 0.25) is 5.91 Å². The lowest BCUT2D eigenvalue weighted by Crippen LogP contribution is -2.38. The topological polar surface area (TPSA) is 95.4 Å². The highest BCUT2D eigenvalue weighted by molar-refractivity contribution is 5.83. The number of halogens is 1. The zero-order valence-corrected chi connectivity index (χ0v) is 21.3. The number of anilines is 1. The third kappa shape index (κ3) is 6.95. The molecule has 36 heavy (non-hydrogen) atoms. The van der Waals surface area contributed by atoms with Crippen LogP contribution in [-0.2, 0) is 16.0 Å². The van der Waals surface area contributed by atoms with Crippen molar-refractivity contribution in [3.05, 3.63) is 82.4 Å². The SMILES string of the molecule is Cc1cc(N[C@H](CCCCNC(=O)Cc2ccc(-n3c(C)ccc3C)cc2)C(=O)NO)cc(C)c1F. The van der Waals surface area contributed by atoms with Gasteiger partial charge >= 0.3 is 0 Å². The molecular weight excluding hydrogens is 459 g/mol. The Labute approximate surface area is 211 Å². The van der Waals surface area contributed by atoms with Crippen LogP contribution in [0.4, 0.5) is 10.1 Å². The maximum atomic E-state index is 13.9. The minimum absolute atomic E-state index is 0.0592. The number of hydroxylamine groups is 1. The van der Waals surface area contributed by atoms with Gasteiger partial charge in [0.05, 0.1) is 6.42 Å². The molecule has 0 saturated carbocycles. The number of benzene rings is 2. The fourth-order valence-electron chi connectivity index (χ4n) is 4.36. The number of amides is 2. The summed E-state index contributed by atoms with van der Waals surface area (Å²) in [4.78, 5) is 24.5. The number of hydrogen-bond acceptors (Lipinski definition) is 4. The summed E-state index contributed by atoms with van der Waals surface area (Å²) in [5, 5.41) is 15.1. The molecule has 8 heteroatoms. The van der Waals surface area contributed by atoms with E-state index in [4.69, 9.17) is 5.21 Å². The molecule has 3 aromatic rings. The van der Waals surface area contributed by atoms with Crippen LogP contribution in [0.5, 0.6) is 0 Å². The predicted molar refractivity (Wildman–Crippen MR) is 139 cm³/mol. The lowest BCUT2D eigenvalue weighted by Gasteiger charge is -2.19. The van der Waals surface area contributed by atoms with Gasteiger partial charge in [0.25, 0.3) is 5.91 Å². The maximum absolute atomic E-state index is 13.9. The number of carbonyl (C=O) groups is 2. The van der Waals surface area contributed by atoms with Crippen LogP contribution in [0.15, 0.2) is 48.5 Å². The van der Waals surface area contributed by atoms with Crippen LogP contribution in [0.1, 0.15) is 47.3 Å². The monoisotopic (exact) mass is 494 g/mol. The molecular formula is C28H35FN4O3. The second kappa shape index (κ2) is 12.4. The van der Waals surface area contributed by atoms with Crippen molar-refractivity contribution >= 4 is 17.5 Å². The summed E-state index contributed by atoms with van der Waals surface area (Å²) in [6.07, 6.45) is 2.06. The van der Waals surface area contributed by atoms with Crippen LogP contribution in [-0.4, -0.2) is 34.2 Å². The van der Waals surface area contributed by atoms with Crippen LogP contribution < -0.4 is 16.1 Å². The normalized spacial score (nSPS) is 11.7. The first-order chi connectivity index (χ1) is 17.2. The maximum Gasteiger partial charge on any atom is 0.265 e. The fraction of sp³-hybridized carbons (Fsp3) is 0.357. The number of aromatic nitrogens is 1. The fourth-order valence-corrected chi connectivity index (χ4v) is 4.36. The molecule has 0 aliphatic rings. The Balaban J connectivity index is 1.44. The van der Waals surface area contributed by atoms with Gasteiger partial charge < -0.3 is 15.2 Å². The molecule has 0 aliphatic heterocycles. The molecule has 0 aliphatic carbocycles. The van der Waals surface area contributed by atoms with Gasteiger partial charge in [-0.3, -0.25) is 14.8 Å². The van der Waals surface area contributed by atoms with Gasteiger partial charge in [0, 0.05) is 29.3 Å². The highest BCUT2D eigenvalue weighted by Gasteiger charge is 2.18. The van der Waals surface area contributed by atoms with E-state index in [-0.39, 0.29) is 11.7 Å². The van der Waals surface area contributed by atoms with Crippen molar-refractivity contribution in [1.82, 2.24) is 15.4 Å². The summed E-state index contributed by atoms with van der Waals surface area (Å²) in [7, 11) is 0. The lowest BCUT2D eigenvalue weighted by molar-refractivity contribution is -0.130. The minimum atomic E-state index is -0.680. The smallest absolute Gasteiger partial charge is 0.265 e. The number of nitrogens with zero attached hydrogens (tertiary/aromatic N) is 1. The molecule has 0 fully saturated rings. The predicted octanol–water partition coefficient (Wildman–Crippen LogP) is 4.67. The summed E-state index contributed by atoms with van der Waals surface area (Å²) in [5.41, 5.74) is 7.59. The molecule has 0 saturated heterocycles. The Kier molecular flexibility index (Phi) is 9.25. The Bertz CT molecular complexity index is 1160. The van der Waals surface area contributed by atoms with Gasteiger partial charge in [-0.15, -0.1) is 0 Å². The zero-order valence-electron chi connectivity index (χ0n) is 21.3. The second-order valence-electron chi connectivity index (χ2n) is 9.24. The Morgan fingerprint density at radius 2 is 1.56 bits per heavy atom. The van der Waals surface area contributed by atoms with Crippen molar-refractivity contribution in [3.63, 3.8) is 0 Å². The number of nitrogens with one attached hydrogen (secondary N) is 3. The minimum Gasteiger partial charge on any atom is -0.374 e. The third-order valence-electron chi connectivity index (χ3n) is 6.28. The number of unbranched alkanes of at least 4 members (excludes halogenated alkanes) is 1. The van der Waals surface area contributed by atoms with Gasteiger partial charge in [0.1, 0.15) is 11.9 Å². The number of hydrogen-bond donors (Lipinski definition) is 4. The van der Waals surface area contributed by atoms with Crippen LogP contribution in [0.2, 0.25) is 0 Å². The molecule has 0 unspecified atom stereocenters. The summed E-state index contributed by atoms with van der Waals surface area (Å²) >= 11 is 0. The van der Waals surface area contributed by atoms with Crippen molar-refractivity contribution in [3.8, 4) is 5.69 Å². The molecule has 1 aromatic heterocycles. The average Bonchev–Trinajstić information content (AvgIpc) is 3.19. The lowest BCUT2D eigenvalue weighted by atomic mass is 10.1. The summed E-state index contributed by atoms with van der Waals surface area (Å²) in [6.45, 7) is 7.94. The molecule has 3 rings (SSSR count). The zero-order chi connectivity index (χ0) is 26.2. The number of carbonyl (C=O) groups excluding carboxylic acids is 2. The van der Waals surface area contributed by atoms with Gasteiger partial charge in [0.15, 0.2) is 0 Å². The van der Waals surface area contributed by atoms with Crippen molar-refractivity contribution in [2.45, 2.75) is 59.4 Å². The first-order valence-electron chi connectivity index (χ1n) is 12.2. The first kappa shape index (κ1) is 26.9. The van der Waals surface area contributed by atoms with Gasteiger partial charge in [-0.05, 0) is 100 Å². The van der Waals surface area contributed by atoms with E-state index in [0.29, 0.717) is 49.0 Å². The first-order valence-corrected chi connectivity index (χ1v) is 12.2. The molecule has 1 heterocycles. The van der Waals surface area contributed by atoms with Gasteiger partial charge in [-0.1, -0.05) is 12.1 Å². The van der Waals surface area contributed by atoms with E-state index < -0.39 is 11.9 Å². The van der Waals surface area contributed by atoms with Crippen molar-refractivity contribution in [2.75, 3.05) is 11.9 Å². The standard InChI is InChI=1S/C28H35FN4O3/c1-18-15-23(16-19(2)27(18)29)31-25(28(35)32-36)7-5-6-14-30-26(34)17-22-10-12-24(13-11-22)33-20(3)8-9-21(33)4/h8-13,15-16,25,31,36H,5-7,14,17H2,1-4H3,(H,30,34)(H,32,35)/t25-/m1/s1. The molecule has 2 amide bonds. The Morgan fingerprint density at radius 3 is 2.14 bits per heavy atom. The summed E-state index contributed by atoms with van der Waals surface area (Å²) < 4.78 is 16.1. The highest BCUT2D eigenvalue weighted by Crippen LogP contribution is 2.20. The molecule has 0 bridgehead atoms. The van der Waals surface area contributed by atoms with E-state index in [0.717, 1.165) is 22.6 Å². The summed E-state index contributed by atoms with van der Waals surface area (Å²) in [6, 6.07) is 14.7. The van der Waals surface area contributed by atoms with Crippen LogP contribution in [0.25, 0.3) is 5.69 Å². The molecule has 192 valence electrons. The molecule has 0 spiro atoms. The van der Waals surface area contributed by atoms with E-state index in [1.54, 1.807) is 31.5 Å². The Morgan fingerprint density at radius 1 is 0.944 bits per heavy atom. The van der Waals surface area contributed by atoms with Gasteiger partial charge in [-0.25, -0.2) is 9.87 Å². The van der Waals surface area contributed by atoms with Crippen LogP contribution in [0.3, 0.4) is 0 Å². The van der Waals surface area contributed by atoms with E-state index in [2.05, 4.69) is 41.2 Å². The van der Waals surface area contributed by atoms with E-state index in [1.807, 2.05) is 24.3 Å². The quantitative estimate of drug-likeness (QED) is 0.177. The van der Waals surface area contributed by atoms with Crippen molar-refractivity contribution < 1.29 is 19.2 Å². The van der Waals surface area contributed by atoms with E-state index >= 15 is 0 Å². The second-order valence-corrected chi connectivity index (χ2v) is 9.24. The van der Waals surface area contributed by atoms with Crippen LogP contribution in [0, 0.1) is 33.5 Å². The molecule has 4 N–H and O–H groups in total. The van der Waals surface area contributed by atoms with E-state index in [1.165, 1.54) is 0 Å². The molecule has 7 nitrogen and oxygen atoms in total. The Hall–Kier alpha value is -3.65. The molecule has 0 radical (unpaired) electrons. The highest BCUT2D eigenvalue weighted by atomic mass is 19.1. The number of rotatable bonds is 11. The molecule has 1 atom stereocenters. The van der Waals surface area contributed by atoms with Crippen LogP contribution >= 0.6 is 0 Å². The molecule has 2 aromatic carbocycles.